The molecule has 0 radical (unpaired) electrons. The minimum atomic E-state index is -0.626. The first-order valence-electron chi connectivity index (χ1n) is 9.38. The van der Waals surface area contributed by atoms with Crippen molar-refractivity contribution in [3.05, 3.63) is 35.9 Å². The molecule has 5 nitrogen and oxygen atoms in total. The van der Waals surface area contributed by atoms with Gasteiger partial charge in [-0.15, -0.1) is 0 Å². The molecule has 144 valence electrons. The molecule has 2 rings (SSSR count). The molecule has 1 aromatic carbocycles. The third kappa shape index (κ3) is 4.76. The zero-order valence-electron chi connectivity index (χ0n) is 15.7. The third-order valence-corrected chi connectivity index (χ3v) is 5.89. The largest absolute Gasteiger partial charge is 0.342 e. The van der Waals surface area contributed by atoms with E-state index in [1.54, 1.807) is 0 Å². The summed E-state index contributed by atoms with van der Waals surface area (Å²) >= 11 is 1.87. The van der Waals surface area contributed by atoms with Gasteiger partial charge in [-0.05, 0) is 43.7 Å². The lowest BCUT2D eigenvalue weighted by Crippen LogP contribution is -2.47. The molecule has 0 aliphatic carbocycles. The standard InChI is InChI=1S/C20H30IN3O2/c1-15(2)14-20(17(8-11-22)18(25)23-21)10-13-24(19(20)26)12-9-16-6-4-3-5-7-16/h3-7,15,17H,8-14,22H2,1-2H3,(H,23,25)/t17?,20-/m1/s1. The molecule has 0 aromatic heterocycles. The van der Waals surface area contributed by atoms with Crippen LogP contribution in [0.2, 0.25) is 0 Å². The Kier molecular flexibility index (Phi) is 7.88. The van der Waals surface area contributed by atoms with Crippen molar-refractivity contribution in [3.8, 4) is 0 Å². The lowest BCUT2D eigenvalue weighted by Gasteiger charge is -2.36. The summed E-state index contributed by atoms with van der Waals surface area (Å²) in [6, 6.07) is 10.2. The molecular weight excluding hydrogens is 441 g/mol. The van der Waals surface area contributed by atoms with Gasteiger partial charge in [0.1, 0.15) is 0 Å². The van der Waals surface area contributed by atoms with E-state index >= 15 is 0 Å². The number of hydrogen-bond donors (Lipinski definition) is 2. The number of benzene rings is 1. The first-order valence-corrected chi connectivity index (χ1v) is 10.5. The first kappa shape index (κ1) is 21.2. The van der Waals surface area contributed by atoms with Gasteiger partial charge in [0, 0.05) is 13.1 Å². The molecular formula is C20H30IN3O2. The van der Waals surface area contributed by atoms with Gasteiger partial charge >= 0.3 is 0 Å². The van der Waals surface area contributed by atoms with Crippen LogP contribution >= 0.6 is 22.9 Å². The van der Waals surface area contributed by atoms with Crippen LogP contribution in [-0.4, -0.2) is 36.3 Å². The SMILES string of the molecule is CC(C)C[C@@]1(C(CCN)C(=O)NI)CCN(CCc2ccccc2)C1=O. The van der Waals surface area contributed by atoms with Crippen LogP contribution < -0.4 is 9.26 Å². The van der Waals surface area contributed by atoms with E-state index in [2.05, 4.69) is 29.5 Å². The molecule has 2 amide bonds. The molecule has 1 saturated heterocycles. The van der Waals surface area contributed by atoms with E-state index in [0.29, 0.717) is 32.0 Å². The number of hydrogen-bond acceptors (Lipinski definition) is 3. The van der Waals surface area contributed by atoms with Crippen LogP contribution in [0.15, 0.2) is 30.3 Å². The number of nitrogens with one attached hydrogen (secondary N) is 1. The molecule has 1 aromatic rings. The lowest BCUT2D eigenvalue weighted by atomic mass is 9.67. The Morgan fingerprint density at radius 3 is 2.62 bits per heavy atom. The molecule has 26 heavy (non-hydrogen) atoms. The van der Waals surface area contributed by atoms with Gasteiger partial charge in [0.05, 0.1) is 34.2 Å². The van der Waals surface area contributed by atoms with Crippen molar-refractivity contribution >= 4 is 34.7 Å². The molecule has 0 bridgehead atoms. The van der Waals surface area contributed by atoms with E-state index in [1.165, 1.54) is 5.56 Å². The quantitative estimate of drug-likeness (QED) is 0.430. The summed E-state index contributed by atoms with van der Waals surface area (Å²) in [5.41, 5.74) is 6.39. The fourth-order valence-corrected chi connectivity index (χ4v) is 4.63. The predicted molar refractivity (Wildman–Crippen MR) is 113 cm³/mol. The summed E-state index contributed by atoms with van der Waals surface area (Å²) in [5, 5.41) is 0. The summed E-state index contributed by atoms with van der Waals surface area (Å²) in [5.74, 6) is 0.0341. The van der Waals surface area contributed by atoms with E-state index < -0.39 is 5.41 Å². The summed E-state index contributed by atoms with van der Waals surface area (Å²) in [6.45, 7) is 6.05. The van der Waals surface area contributed by atoms with Crippen molar-refractivity contribution < 1.29 is 9.59 Å². The van der Waals surface area contributed by atoms with Crippen LogP contribution in [0.25, 0.3) is 0 Å². The fourth-order valence-electron chi connectivity index (χ4n) is 4.25. The third-order valence-electron chi connectivity index (χ3n) is 5.36. The maximum absolute atomic E-state index is 13.4. The molecule has 6 heteroatoms. The molecule has 1 aliphatic heterocycles. The molecule has 0 saturated carbocycles. The Hall–Kier alpha value is -1.15. The minimum absolute atomic E-state index is 0.0741. The van der Waals surface area contributed by atoms with Crippen LogP contribution in [0.1, 0.15) is 38.7 Å². The Morgan fingerprint density at radius 2 is 2.04 bits per heavy atom. The van der Waals surface area contributed by atoms with E-state index in [-0.39, 0.29) is 17.7 Å². The number of nitrogens with zero attached hydrogens (tertiary/aromatic N) is 1. The molecule has 2 atom stereocenters. The van der Waals surface area contributed by atoms with Crippen molar-refractivity contribution in [2.24, 2.45) is 23.0 Å². The van der Waals surface area contributed by atoms with Crippen LogP contribution in [-0.2, 0) is 16.0 Å². The number of carbonyl (C=O) groups excluding carboxylic acids is 2. The highest BCUT2D eigenvalue weighted by Crippen LogP contribution is 2.46. The maximum Gasteiger partial charge on any atom is 0.232 e. The smallest absolute Gasteiger partial charge is 0.232 e. The zero-order chi connectivity index (χ0) is 19.2. The molecule has 0 spiro atoms. The van der Waals surface area contributed by atoms with Gasteiger partial charge < -0.3 is 10.6 Å². The second-order valence-electron chi connectivity index (χ2n) is 7.62. The second-order valence-corrected chi connectivity index (χ2v) is 8.16. The molecule has 3 N–H and O–H groups in total. The van der Waals surface area contributed by atoms with Crippen molar-refractivity contribution in [2.75, 3.05) is 19.6 Å². The zero-order valence-corrected chi connectivity index (χ0v) is 17.9. The minimum Gasteiger partial charge on any atom is -0.342 e. The number of nitrogens with two attached hydrogens (primary N) is 1. The van der Waals surface area contributed by atoms with Crippen LogP contribution in [0.4, 0.5) is 0 Å². The Labute approximate surface area is 170 Å². The van der Waals surface area contributed by atoms with Gasteiger partial charge in [-0.25, -0.2) is 0 Å². The normalized spacial score (nSPS) is 21.3. The van der Waals surface area contributed by atoms with Crippen molar-refractivity contribution in [2.45, 2.75) is 39.5 Å². The van der Waals surface area contributed by atoms with Gasteiger partial charge in [0.15, 0.2) is 0 Å². The van der Waals surface area contributed by atoms with Crippen LogP contribution in [0.5, 0.6) is 0 Å². The van der Waals surface area contributed by atoms with Crippen LogP contribution in [0, 0.1) is 17.3 Å². The maximum atomic E-state index is 13.4. The summed E-state index contributed by atoms with van der Waals surface area (Å²) in [6.07, 6.45) is 2.83. The highest BCUT2D eigenvalue weighted by molar-refractivity contribution is 14.1. The van der Waals surface area contributed by atoms with E-state index in [9.17, 15) is 9.59 Å². The fraction of sp³-hybridized carbons (Fsp3) is 0.600. The van der Waals surface area contributed by atoms with E-state index in [0.717, 1.165) is 19.3 Å². The summed E-state index contributed by atoms with van der Waals surface area (Å²) < 4.78 is 2.72. The van der Waals surface area contributed by atoms with Gasteiger partial charge in [-0.2, -0.15) is 0 Å². The van der Waals surface area contributed by atoms with Gasteiger partial charge in [-0.1, -0.05) is 44.2 Å². The van der Waals surface area contributed by atoms with E-state index in [4.69, 9.17) is 5.73 Å². The molecule has 1 heterocycles. The van der Waals surface area contributed by atoms with Gasteiger partial charge in [0.2, 0.25) is 11.8 Å². The average Bonchev–Trinajstić information content (AvgIpc) is 2.94. The summed E-state index contributed by atoms with van der Waals surface area (Å²) in [7, 11) is 0. The topological polar surface area (TPSA) is 75.4 Å². The highest BCUT2D eigenvalue weighted by atomic mass is 127. The first-order chi connectivity index (χ1) is 12.4. The number of carbonyl (C=O) groups is 2. The second kappa shape index (κ2) is 9.69. The monoisotopic (exact) mass is 471 g/mol. The van der Waals surface area contributed by atoms with Gasteiger partial charge in [-0.3, -0.25) is 13.1 Å². The predicted octanol–water partition coefficient (Wildman–Crippen LogP) is 2.93. The Balaban J connectivity index is 2.20. The van der Waals surface area contributed by atoms with Crippen molar-refractivity contribution in [1.82, 2.24) is 8.43 Å². The average molecular weight is 471 g/mol. The Morgan fingerprint density at radius 1 is 1.35 bits per heavy atom. The molecule has 1 unspecified atom stereocenters. The lowest BCUT2D eigenvalue weighted by molar-refractivity contribution is -0.145. The summed E-state index contributed by atoms with van der Waals surface area (Å²) in [4.78, 5) is 27.9. The van der Waals surface area contributed by atoms with E-state index in [1.807, 2.05) is 46.0 Å². The van der Waals surface area contributed by atoms with Crippen molar-refractivity contribution in [1.29, 1.82) is 0 Å². The van der Waals surface area contributed by atoms with Crippen LogP contribution in [0.3, 0.4) is 0 Å². The van der Waals surface area contributed by atoms with Crippen molar-refractivity contribution in [3.63, 3.8) is 0 Å². The molecule has 1 aliphatic rings. The van der Waals surface area contributed by atoms with Gasteiger partial charge in [0.25, 0.3) is 0 Å². The number of likely N-dealkylation sites (tertiary alicyclic amines) is 1. The Bertz CT molecular complexity index is 608. The highest BCUT2D eigenvalue weighted by Gasteiger charge is 2.53. The number of amides is 2. The number of rotatable bonds is 9. The number of halogens is 1. The molecule has 1 fully saturated rings.